The van der Waals surface area contributed by atoms with Crippen molar-refractivity contribution in [2.45, 2.75) is 70.5 Å². The van der Waals surface area contributed by atoms with Crippen LogP contribution in [0, 0.1) is 17.2 Å². The number of likely N-dealkylation sites (tertiary alicyclic amines) is 1. The fraction of sp³-hybridized carbons (Fsp3) is 0.465. The molecule has 4 saturated heterocycles. The first-order valence-corrected chi connectivity index (χ1v) is 20.7. The van der Waals surface area contributed by atoms with Crippen LogP contribution in [0.1, 0.15) is 64.0 Å². The minimum absolute atomic E-state index is 0.0241. The molecule has 13 nitrogen and oxygen atoms in total. The van der Waals surface area contributed by atoms with Crippen LogP contribution >= 0.6 is 11.6 Å². The summed E-state index contributed by atoms with van der Waals surface area (Å²) in [6, 6.07) is 19.8. The van der Waals surface area contributed by atoms with Gasteiger partial charge in [-0.1, -0.05) is 17.7 Å². The van der Waals surface area contributed by atoms with Crippen molar-refractivity contribution in [1.29, 1.82) is 5.26 Å². The number of imide groups is 1. The van der Waals surface area contributed by atoms with E-state index in [9.17, 15) is 19.6 Å². The summed E-state index contributed by atoms with van der Waals surface area (Å²) in [4.78, 5) is 53.1. The summed E-state index contributed by atoms with van der Waals surface area (Å²) in [5.41, 5.74) is 4.08. The number of rotatable bonds is 8. The van der Waals surface area contributed by atoms with E-state index in [0.29, 0.717) is 54.3 Å². The number of carbonyl (C=O) groups is 3. The normalized spacial score (nSPS) is 21.5. The van der Waals surface area contributed by atoms with E-state index in [4.69, 9.17) is 16.6 Å². The first kappa shape index (κ1) is 38.5. The third kappa shape index (κ3) is 8.25. The van der Waals surface area contributed by atoms with Crippen molar-refractivity contribution in [2.75, 3.05) is 72.4 Å². The maximum Gasteiger partial charge on any atom is 0.328 e. The van der Waals surface area contributed by atoms with E-state index in [2.05, 4.69) is 61.2 Å². The number of fused-ring (bicyclic) bond motifs is 1. The number of urea groups is 2. The molecule has 0 bridgehead atoms. The number of carbonyl (C=O) groups excluding carboxylic acids is 3. The van der Waals surface area contributed by atoms with Gasteiger partial charge in [-0.25, -0.2) is 14.6 Å². The SMILES string of the molecule is CC1CN(c2ccc(C#N)c(Cl)c2)C(C)CN1C(=O)Nc1ccc(N2CCC(CCN3CCC(n4ccc5c(N6CCC(=O)NC6=O)cccc54)CC3)CC2)nc1. The standard InChI is InChI=1S/C43H51ClN10O3/c1-29-28-54(30(2)27-53(29)35-8-6-32(25-45)37(44)24-35)42(56)47-33-7-9-40(46-26-33)50-20-11-31(12-21-50)10-17-49-18-13-34(14-19-49)51-22-15-36-38(51)4-3-5-39(36)52-23-16-41(55)48-43(52)57/h3-9,15,22,24,26,29-31,34H,10-14,16-21,23,27-28H2,1-2H3,(H,47,56)(H,48,55,57). The number of nitrogens with zero attached hydrogens (tertiary/aromatic N) is 8. The van der Waals surface area contributed by atoms with Gasteiger partial charge in [0.2, 0.25) is 5.91 Å². The van der Waals surface area contributed by atoms with Crippen molar-refractivity contribution in [3.8, 4) is 6.07 Å². The van der Waals surface area contributed by atoms with Gasteiger partial charge in [-0.2, -0.15) is 5.26 Å². The van der Waals surface area contributed by atoms with Crippen LogP contribution in [0.2, 0.25) is 5.02 Å². The number of anilines is 4. The quantitative estimate of drug-likeness (QED) is 0.194. The van der Waals surface area contributed by atoms with Gasteiger partial charge in [-0.3, -0.25) is 15.0 Å². The molecule has 4 aromatic rings. The highest BCUT2D eigenvalue weighted by Crippen LogP contribution is 2.34. The first-order chi connectivity index (χ1) is 27.6. The van der Waals surface area contributed by atoms with Gasteiger partial charge >= 0.3 is 12.1 Å². The maximum atomic E-state index is 13.4. The molecule has 2 aromatic heterocycles. The summed E-state index contributed by atoms with van der Waals surface area (Å²) in [5, 5.41) is 16.2. The molecule has 57 heavy (non-hydrogen) atoms. The second-order valence-corrected chi connectivity index (χ2v) is 16.5. The van der Waals surface area contributed by atoms with Crippen LogP contribution in [0.5, 0.6) is 0 Å². The number of amides is 5. The van der Waals surface area contributed by atoms with E-state index in [-0.39, 0.29) is 30.1 Å². The van der Waals surface area contributed by atoms with Crippen molar-refractivity contribution in [3.63, 3.8) is 0 Å². The summed E-state index contributed by atoms with van der Waals surface area (Å²) in [7, 11) is 0. The van der Waals surface area contributed by atoms with Crippen molar-refractivity contribution in [2.24, 2.45) is 5.92 Å². The summed E-state index contributed by atoms with van der Waals surface area (Å²) < 4.78 is 2.38. The number of hydrogen-bond donors (Lipinski definition) is 2. The number of nitrogens with one attached hydrogen (secondary N) is 2. The molecule has 2 atom stereocenters. The minimum atomic E-state index is -0.347. The van der Waals surface area contributed by atoms with E-state index in [1.807, 2.05) is 48.2 Å². The van der Waals surface area contributed by atoms with Crippen LogP contribution in [0.4, 0.5) is 32.5 Å². The van der Waals surface area contributed by atoms with Crippen LogP contribution in [-0.2, 0) is 4.79 Å². The molecule has 0 spiro atoms. The number of benzene rings is 2. The molecular weight excluding hydrogens is 740 g/mol. The van der Waals surface area contributed by atoms with E-state index in [1.165, 1.54) is 6.42 Å². The third-order valence-electron chi connectivity index (χ3n) is 12.5. The van der Waals surface area contributed by atoms with Gasteiger partial charge in [0.1, 0.15) is 11.9 Å². The number of aromatic nitrogens is 2. The molecule has 2 unspecified atom stereocenters. The molecule has 2 aromatic carbocycles. The number of halogens is 1. The van der Waals surface area contributed by atoms with Gasteiger partial charge in [0.15, 0.2) is 0 Å². The van der Waals surface area contributed by atoms with Gasteiger partial charge < -0.3 is 29.5 Å². The fourth-order valence-corrected chi connectivity index (χ4v) is 9.36. The lowest BCUT2D eigenvalue weighted by atomic mass is 9.93. The van der Waals surface area contributed by atoms with Gasteiger partial charge in [-0.05, 0) is 107 Å². The van der Waals surface area contributed by atoms with Crippen molar-refractivity contribution >= 4 is 63.4 Å². The predicted molar refractivity (Wildman–Crippen MR) is 224 cm³/mol. The van der Waals surface area contributed by atoms with Gasteiger partial charge in [0.05, 0.1) is 33.7 Å². The number of nitriles is 1. The monoisotopic (exact) mass is 790 g/mol. The van der Waals surface area contributed by atoms with Gasteiger partial charge in [0, 0.05) is 87.6 Å². The average Bonchev–Trinajstić information content (AvgIpc) is 3.66. The van der Waals surface area contributed by atoms with Crippen LogP contribution in [0.3, 0.4) is 0 Å². The van der Waals surface area contributed by atoms with Gasteiger partial charge in [0.25, 0.3) is 0 Å². The highest BCUT2D eigenvalue weighted by atomic mass is 35.5. The molecule has 2 N–H and O–H groups in total. The number of piperazine rings is 1. The van der Waals surface area contributed by atoms with E-state index in [0.717, 1.165) is 86.5 Å². The molecule has 14 heteroatoms. The van der Waals surface area contributed by atoms with E-state index < -0.39 is 0 Å². The van der Waals surface area contributed by atoms with E-state index >= 15 is 0 Å². The smallest absolute Gasteiger partial charge is 0.328 e. The lowest BCUT2D eigenvalue weighted by Gasteiger charge is -2.45. The Hall–Kier alpha value is -5.32. The fourth-order valence-electron chi connectivity index (χ4n) is 9.14. The highest BCUT2D eigenvalue weighted by Gasteiger charge is 2.33. The minimum Gasteiger partial charge on any atom is -0.365 e. The molecule has 298 valence electrons. The lowest BCUT2D eigenvalue weighted by Crippen LogP contribution is -2.59. The molecular formula is C43H51ClN10O3. The van der Waals surface area contributed by atoms with Crippen molar-refractivity contribution in [3.05, 3.63) is 77.6 Å². The second kappa shape index (κ2) is 16.6. The maximum absolute atomic E-state index is 13.4. The van der Waals surface area contributed by atoms with Crippen LogP contribution in [0.15, 0.2) is 67.0 Å². The predicted octanol–water partition coefficient (Wildman–Crippen LogP) is 7.08. The van der Waals surface area contributed by atoms with E-state index in [1.54, 1.807) is 17.2 Å². The summed E-state index contributed by atoms with van der Waals surface area (Å²) in [6.07, 6.45) is 9.93. The Morgan fingerprint density at radius 3 is 2.49 bits per heavy atom. The Bertz CT molecular complexity index is 2150. The zero-order valence-electron chi connectivity index (χ0n) is 32.7. The van der Waals surface area contributed by atoms with Crippen LogP contribution in [-0.4, -0.2) is 102 Å². The Labute approximate surface area is 339 Å². The lowest BCUT2D eigenvalue weighted by molar-refractivity contribution is -0.120. The van der Waals surface area contributed by atoms with Gasteiger partial charge in [-0.15, -0.1) is 0 Å². The number of piperidine rings is 2. The van der Waals surface area contributed by atoms with Crippen LogP contribution in [0.25, 0.3) is 10.9 Å². The summed E-state index contributed by atoms with van der Waals surface area (Å²) >= 11 is 6.31. The molecule has 4 fully saturated rings. The average molecular weight is 791 g/mol. The number of pyridine rings is 1. The molecule has 6 heterocycles. The molecule has 4 aliphatic heterocycles. The summed E-state index contributed by atoms with van der Waals surface area (Å²) in [5.74, 6) is 1.43. The third-order valence-corrected chi connectivity index (χ3v) is 12.8. The Morgan fingerprint density at radius 2 is 1.77 bits per heavy atom. The zero-order chi connectivity index (χ0) is 39.6. The Kier molecular flexibility index (Phi) is 11.3. The largest absolute Gasteiger partial charge is 0.365 e. The molecule has 0 radical (unpaired) electrons. The highest BCUT2D eigenvalue weighted by molar-refractivity contribution is 6.32. The van der Waals surface area contributed by atoms with Crippen molar-refractivity contribution in [1.82, 2.24) is 24.7 Å². The van der Waals surface area contributed by atoms with Crippen LogP contribution < -0.4 is 25.3 Å². The number of hydrogen-bond acceptors (Lipinski definition) is 8. The molecule has 0 aliphatic carbocycles. The molecule has 5 amide bonds. The first-order valence-electron chi connectivity index (χ1n) is 20.3. The molecule has 8 rings (SSSR count). The topological polar surface area (TPSA) is 133 Å². The summed E-state index contributed by atoms with van der Waals surface area (Å²) in [6.45, 7) is 11.0. The Balaban J connectivity index is 0.767. The molecule has 0 saturated carbocycles. The van der Waals surface area contributed by atoms with Crippen molar-refractivity contribution < 1.29 is 14.4 Å². The Morgan fingerprint density at radius 1 is 0.965 bits per heavy atom. The second-order valence-electron chi connectivity index (χ2n) is 16.1. The zero-order valence-corrected chi connectivity index (χ0v) is 33.5. The molecule has 4 aliphatic rings.